The average Bonchev–Trinajstić information content (AvgIpc) is 3.10. The van der Waals surface area contributed by atoms with Crippen LogP contribution in [0.3, 0.4) is 0 Å². The van der Waals surface area contributed by atoms with Crippen LogP contribution in [-0.2, 0) is 30.9 Å². The van der Waals surface area contributed by atoms with Crippen molar-refractivity contribution in [3.8, 4) is 5.75 Å². The van der Waals surface area contributed by atoms with Crippen LogP contribution in [0.15, 0.2) is 36.4 Å². The number of nitrogens with zero attached hydrogens (tertiary/aromatic N) is 1. The minimum atomic E-state index is -3.51. The summed E-state index contributed by atoms with van der Waals surface area (Å²) in [4.78, 5) is 14.4. The summed E-state index contributed by atoms with van der Waals surface area (Å²) in [6.45, 7) is 2.02. The molecular formula is C33H42ClNO7S. The molecule has 43 heavy (non-hydrogen) atoms. The molecule has 3 aliphatic carbocycles. The third-order valence-electron chi connectivity index (χ3n) is 10.4. The lowest BCUT2D eigenvalue weighted by atomic mass is 9.65. The van der Waals surface area contributed by atoms with Gasteiger partial charge in [-0.05, 0) is 111 Å². The molecule has 2 aromatic rings. The molecule has 2 fully saturated rings. The van der Waals surface area contributed by atoms with Gasteiger partial charge in [-0.15, -0.1) is 0 Å². The summed E-state index contributed by atoms with van der Waals surface area (Å²) in [6, 6.07) is 11.4. The predicted octanol–water partition coefficient (Wildman–Crippen LogP) is 6.09. The highest BCUT2D eigenvalue weighted by molar-refractivity contribution is 7.86. The monoisotopic (exact) mass is 631 g/mol. The molecule has 2 saturated carbocycles. The second kappa shape index (κ2) is 12.2. The van der Waals surface area contributed by atoms with Crippen molar-refractivity contribution in [1.82, 2.24) is 0 Å². The second-order valence-electron chi connectivity index (χ2n) is 13.1. The van der Waals surface area contributed by atoms with Crippen LogP contribution in [0.25, 0.3) is 0 Å². The minimum Gasteiger partial charge on any atom is -0.490 e. The van der Waals surface area contributed by atoms with Gasteiger partial charge in [-0.2, -0.15) is 8.42 Å². The standard InChI is InChI=1S/C33H42ClNO7S/c1-40-31(22-5-3-7-26(16-22)42-43(2,38)39)27-11-8-24(27)18-35-19-33(14-4-6-21-15-25(34)10-12-28(21)33)20-41-30-13-9-23(32(36)37)17-29(30)35/h9-10,12-13,15,17,22,24,26-27,31H,3-8,11,14,16,18-20H2,1-2H3,(H,36,37)/t22-,24+,26+,27-,31+,33+/m1/s1. The van der Waals surface area contributed by atoms with Crippen molar-refractivity contribution in [2.75, 3.05) is 38.0 Å². The van der Waals surface area contributed by atoms with E-state index in [0.717, 1.165) is 87.2 Å². The zero-order valence-corrected chi connectivity index (χ0v) is 26.5. The van der Waals surface area contributed by atoms with Crippen LogP contribution in [0.4, 0.5) is 5.69 Å². The molecule has 0 aromatic heterocycles. The van der Waals surface area contributed by atoms with Gasteiger partial charge in [0.2, 0.25) is 0 Å². The van der Waals surface area contributed by atoms with Gasteiger partial charge in [-0.25, -0.2) is 4.79 Å². The molecule has 4 aliphatic rings. The number of hydrogen-bond donors (Lipinski definition) is 1. The number of aryl methyl sites for hydroxylation is 1. The van der Waals surface area contributed by atoms with Crippen molar-refractivity contribution < 1.29 is 32.0 Å². The van der Waals surface area contributed by atoms with Crippen LogP contribution in [0.5, 0.6) is 5.75 Å². The molecule has 1 heterocycles. The van der Waals surface area contributed by atoms with Gasteiger partial charge in [-0.1, -0.05) is 24.1 Å². The van der Waals surface area contributed by atoms with Crippen molar-refractivity contribution in [3.05, 3.63) is 58.1 Å². The van der Waals surface area contributed by atoms with E-state index in [1.54, 1.807) is 25.3 Å². The second-order valence-corrected chi connectivity index (χ2v) is 15.2. The molecule has 6 atom stereocenters. The van der Waals surface area contributed by atoms with Gasteiger partial charge in [0, 0.05) is 30.6 Å². The molecule has 0 amide bonds. The van der Waals surface area contributed by atoms with Crippen molar-refractivity contribution in [2.24, 2.45) is 17.8 Å². The molecule has 0 bridgehead atoms. The Hall–Kier alpha value is -2.33. The molecule has 1 aliphatic heterocycles. The third-order valence-corrected chi connectivity index (χ3v) is 11.2. The Labute approximate surface area is 259 Å². The highest BCUT2D eigenvalue weighted by atomic mass is 35.5. The number of halogens is 1. The quantitative estimate of drug-likeness (QED) is 0.350. The summed E-state index contributed by atoms with van der Waals surface area (Å²) in [7, 11) is -1.74. The molecule has 1 spiro atoms. The maximum absolute atomic E-state index is 12.0. The lowest BCUT2D eigenvalue weighted by molar-refractivity contribution is -0.0693. The Bertz CT molecular complexity index is 1470. The summed E-state index contributed by atoms with van der Waals surface area (Å²) >= 11 is 6.40. The van der Waals surface area contributed by atoms with Crippen molar-refractivity contribution in [2.45, 2.75) is 75.4 Å². The SMILES string of the molecule is CO[C@@H]([C@@H]1CCC[C@H](OS(C)(=O)=O)C1)[C@@H]1CC[C@H]1CN1C[C@@]2(CCCc3cc(Cl)ccc32)COc2ccc(C(=O)O)cc21. The fourth-order valence-corrected chi connectivity index (χ4v) is 9.18. The van der Waals surface area contributed by atoms with E-state index in [0.29, 0.717) is 24.9 Å². The van der Waals surface area contributed by atoms with E-state index in [4.69, 9.17) is 25.3 Å². The molecule has 234 valence electrons. The molecule has 2 aromatic carbocycles. The number of benzene rings is 2. The van der Waals surface area contributed by atoms with Gasteiger partial charge in [0.05, 0.1) is 36.3 Å². The van der Waals surface area contributed by atoms with E-state index in [1.807, 2.05) is 6.07 Å². The van der Waals surface area contributed by atoms with Gasteiger partial charge in [0.1, 0.15) is 5.75 Å². The van der Waals surface area contributed by atoms with Crippen LogP contribution < -0.4 is 9.64 Å². The normalized spacial score (nSPS) is 29.5. The molecular weight excluding hydrogens is 590 g/mol. The highest BCUT2D eigenvalue weighted by Gasteiger charge is 2.46. The summed E-state index contributed by atoms with van der Waals surface area (Å²) in [6.07, 6.45) is 9.31. The van der Waals surface area contributed by atoms with E-state index in [2.05, 4.69) is 17.0 Å². The number of rotatable bonds is 8. The Morgan fingerprint density at radius 1 is 1.16 bits per heavy atom. The fraction of sp³-hybridized carbons (Fsp3) is 0.606. The van der Waals surface area contributed by atoms with Crippen molar-refractivity contribution in [1.29, 1.82) is 0 Å². The van der Waals surface area contributed by atoms with Crippen molar-refractivity contribution >= 4 is 33.4 Å². The zero-order valence-electron chi connectivity index (χ0n) is 25.0. The molecule has 8 nitrogen and oxygen atoms in total. The predicted molar refractivity (Wildman–Crippen MR) is 166 cm³/mol. The molecule has 0 unspecified atom stereocenters. The summed E-state index contributed by atoms with van der Waals surface area (Å²) in [5, 5.41) is 10.6. The van der Waals surface area contributed by atoms with Gasteiger partial charge < -0.3 is 19.5 Å². The molecule has 1 N–H and O–H groups in total. The van der Waals surface area contributed by atoms with Crippen LogP contribution >= 0.6 is 11.6 Å². The van der Waals surface area contributed by atoms with E-state index in [-0.39, 0.29) is 29.1 Å². The summed E-state index contributed by atoms with van der Waals surface area (Å²) < 4.78 is 41.7. The fourth-order valence-electron chi connectivity index (χ4n) is 8.32. The minimum absolute atomic E-state index is 0.0178. The number of carboxylic acid groups (broad SMARTS) is 1. The molecule has 10 heteroatoms. The zero-order chi connectivity index (χ0) is 30.4. The Balaban J connectivity index is 1.28. The van der Waals surface area contributed by atoms with E-state index in [1.165, 1.54) is 11.1 Å². The van der Waals surface area contributed by atoms with Gasteiger partial charge in [0.25, 0.3) is 10.1 Å². The smallest absolute Gasteiger partial charge is 0.335 e. The number of anilines is 1. The lowest BCUT2D eigenvalue weighted by Crippen LogP contribution is -2.51. The number of carboxylic acids is 1. The van der Waals surface area contributed by atoms with Crippen LogP contribution in [0.2, 0.25) is 5.02 Å². The number of hydrogen-bond acceptors (Lipinski definition) is 7. The first-order valence-electron chi connectivity index (χ1n) is 15.5. The van der Waals surface area contributed by atoms with Crippen LogP contribution in [-0.4, -0.2) is 64.8 Å². The molecule has 6 rings (SSSR count). The van der Waals surface area contributed by atoms with Gasteiger partial charge in [0.15, 0.2) is 0 Å². The molecule has 0 saturated heterocycles. The first kappa shape index (κ1) is 30.7. The first-order valence-corrected chi connectivity index (χ1v) is 17.7. The maximum atomic E-state index is 12.0. The number of ether oxygens (including phenoxy) is 2. The number of carbonyl (C=O) groups is 1. The lowest BCUT2D eigenvalue weighted by Gasteiger charge is -2.48. The first-order chi connectivity index (χ1) is 20.5. The maximum Gasteiger partial charge on any atom is 0.335 e. The van der Waals surface area contributed by atoms with E-state index in [9.17, 15) is 18.3 Å². The molecule has 0 radical (unpaired) electrons. The highest BCUT2D eigenvalue weighted by Crippen LogP contribution is 2.48. The van der Waals surface area contributed by atoms with Crippen molar-refractivity contribution in [3.63, 3.8) is 0 Å². The average molecular weight is 632 g/mol. The van der Waals surface area contributed by atoms with Crippen LogP contribution in [0.1, 0.15) is 72.9 Å². The van der Waals surface area contributed by atoms with Crippen LogP contribution in [0, 0.1) is 17.8 Å². The number of fused-ring (bicyclic) bond motifs is 3. The number of aromatic carboxylic acids is 1. The Morgan fingerprint density at radius 3 is 2.72 bits per heavy atom. The third kappa shape index (κ3) is 6.42. The van der Waals surface area contributed by atoms with E-state index >= 15 is 0 Å². The summed E-state index contributed by atoms with van der Waals surface area (Å²) in [5.41, 5.74) is 3.39. The van der Waals surface area contributed by atoms with Gasteiger partial charge >= 0.3 is 5.97 Å². The topological polar surface area (TPSA) is 102 Å². The largest absolute Gasteiger partial charge is 0.490 e. The van der Waals surface area contributed by atoms with E-state index < -0.39 is 16.1 Å². The summed E-state index contributed by atoms with van der Waals surface area (Å²) in [5.74, 6) is 0.679. The van der Waals surface area contributed by atoms with Gasteiger partial charge in [-0.3, -0.25) is 4.18 Å². The number of methoxy groups -OCH3 is 1. The Morgan fingerprint density at radius 2 is 2.00 bits per heavy atom. The Kier molecular flexibility index (Phi) is 8.72.